The molecule has 0 saturated heterocycles. The van der Waals surface area contributed by atoms with Crippen molar-refractivity contribution in [3.05, 3.63) is 78.5 Å². The Morgan fingerprint density at radius 3 is 2.69 bits per heavy atom. The lowest BCUT2D eigenvalue weighted by molar-refractivity contribution is 0.757. The summed E-state index contributed by atoms with van der Waals surface area (Å²) >= 11 is 0. The van der Waals surface area contributed by atoms with Gasteiger partial charge in [-0.3, -0.25) is 9.39 Å². The molecule has 0 radical (unpaired) electrons. The van der Waals surface area contributed by atoms with Crippen LogP contribution in [-0.2, 0) is 13.0 Å². The molecule has 29 heavy (non-hydrogen) atoms. The lowest BCUT2D eigenvalue weighted by Crippen LogP contribution is -2.38. The summed E-state index contributed by atoms with van der Waals surface area (Å²) in [5, 5.41) is 19.4. The van der Waals surface area contributed by atoms with Crippen molar-refractivity contribution >= 4 is 35.6 Å². The van der Waals surface area contributed by atoms with Gasteiger partial charge in [-0.1, -0.05) is 24.3 Å². The number of halogens is 1. The van der Waals surface area contributed by atoms with Crippen molar-refractivity contribution in [1.29, 1.82) is 0 Å². The van der Waals surface area contributed by atoms with E-state index in [4.69, 9.17) is 0 Å². The van der Waals surface area contributed by atoms with Crippen LogP contribution in [0.1, 0.15) is 11.4 Å². The smallest absolute Gasteiger partial charge is 0.191 e. The molecule has 0 saturated carbocycles. The van der Waals surface area contributed by atoms with Gasteiger partial charge in [-0.15, -0.1) is 34.2 Å². The largest absolute Gasteiger partial charge is 0.356 e. The van der Waals surface area contributed by atoms with Gasteiger partial charge in [-0.25, -0.2) is 4.68 Å². The maximum absolute atomic E-state index is 4.43. The maximum atomic E-state index is 4.43. The van der Waals surface area contributed by atoms with Gasteiger partial charge in [-0.2, -0.15) is 5.10 Å². The summed E-state index contributed by atoms with van der Waals surface area (Å²) in [5.74, 6) is 1.56. The number of fused-ring (bicyclic) bond motifs is 1. The van der Waals surface area contributed by atoms with Crippen LogP contribution >= 0.6 is 24.0 Å². The van der Waals surface area contributed by atoms with E-state index in [1.807, 2.05) is 70.0 Å². The second-order valence-corrected chi connectivity index (χ2v) is 6.28. The van der Waals surface area contributed by atoms with Crippen molar-refractivity contribution < 1.29 is 0 Å². The number of nitrogens with zero attached hydrogens (tertiary/aromatic N) is 6. The summed E-state index contributed by atoms with van der Waals surface area (Å²) in [6.45, 7) is 1.29. The van der Waals surface area contributed by atoms with Crippen LogP contribution in [-0.4, -0.2) is 43.9 Å². The van der Waals surface area contributed by atoms with Gasteiger partial charge in [0, 0.05) is 26.0 Å². The summed E-state index contributed by atoms with van der Waals surface area (Å²) in [6, 6.07) is 15.9. The van der Waals surface area contributed by atoms with Crippen molar-refractivity contribution in [3.8, 4) is 5.69 Å². The fraction of sp³-hybridized carbons (Fsp3) is 0.200. The van der Waals surface area contributed by atoms with Crippen LogP contribution < -0.4 is 10.6 Å². The number of rotatable bonds is 6. The molecule has 4 rings (SSSR count). The molecule has 0 unspecified atom stereocenters. The third-order valence-electron chi connectivity index (χ3n) is 4.38. The highest BCUT2D eigenvalue weighted by atomic mass is 127. The van der Waals surface area contributed by atoms with E-state index in [2.05, 4.69) is 37.1 Å². The summed E-state index contributed by atoms with van der Waals surface area (Å²) in [4.78, 5) is 4.27. The zero-order valence-corrected chi connectivity index (χ0v) is 18.4. The maximum Gasteiger partial charge on any atom is 0.191 e. The fourth-order valence-corrected chi connectivity index (χ4v) is 2.93. The third-order valence-corrected chi connectivity index (χ3v) is 4.38. The molecule has 2 N–H and O–H groups in total. The summed E-state index contributed by atoms with van der Waals surface area (Å²) in [5.41, 5.74) is 3.05. The highest BCUT2D eigenvalue weighted by Crippen LogP contribution is 2.07. The summed E-state index contributed by atoms with van der Waals surface area (Å²) < 4.78 is 3.84. The topological polar surface area (TPSA) is 84.4 Å². The van der Waals surface area contributed by atoms with Gasteiger partial charge in [-0.05, 0) is 36.2 Å². The minimum atomic E-state index is 0. The number of guanidine groups is 1. The summed E-state index contributed by atoms with van der Waals surface area (Å²) in [7, 11) is 1.75. The number of benzene rings is 1. The molecule has 0 amide bonds. The molecular formula is C20H23IN8. The van der Waals surface area contributed by atoms with E-state index in [1.165, 1.54) is 0 Å². The Labute approximate surface area is 186 Å². The Hall–Kier alpha value is -2.95. The predicted molar refractivity (Wildman–Crippen MR) is 124 cm³/mol. The molecule has 9 heteroatoms. The van der Waals surface area contributed by atoms with Crippen molar-refractivity contribution in [2.45, 2.75) is 13.0 Å². The number of para-hydroxylation sites is 1. The minimum absolute atomic E-state index is 0. The van der Waals surface area contributed by atoms with Gasteiger partial charge in [0.25, 0.3) is 0 Å². The second kappa shape index (κ2) is 10.0. The molecule has 3 aromatic heterocycles. The van der Waals surface area contributed by atoms with Gasteiger partial charge in [0.05, 0.1) is 18.4 Å². The van der Waals surface area contributed by atoms with Crippen LogP contribution in [0.25, 0.3) is 11.3 Å². The quantitative estimate of drug-likeness (QED) is 0.241. The molecule has 0 spiro atoms. The first kappa shape index (κ1) is 20.8. The highest BCUT2D eigenvalue weighted by molar-refractivity contribution is 14.0. The van der Waals surface area contributed by atoms with Crippen molar-refractivity contribution in [2.24, 2.45) is 4.99 Å². The second-order valence-electron chi connectivity index (χ2n) is 6.28. The van der Waals surface area contributed by atoms with E-state index in [-0.39, 0.29) is 24.0 Å². The van der Waals surface area contributed by atoms with E-state index in [9.17, 15) is 0 Å². The number of aromatic nitrogens is 5. The molecule has 1 aromatic carbocycles. The van der Waals surface area contributed by atoms with Crippen molar-refractivity contribution in [3.63, 3.8) is 0 Å². The normalized spacial score (nSPS) is 11.3. The molecule has 150 valence electrons. The van der Waals surface area contributed by atoms with Crippen LogP contribution in [0.15, 0.2) is 72.1 Å². The number of nitrogens with one attached hydrogen (secondary N) is 2. The number of aliphatic imine (C=N–C) groups is 1. The van der Waals surface area contributed by atoms with Gasteiger partial charge in [0.1, 0.15) is 0 Å². The van der Waals surface area contributed by atoms with Gasteiger partial charge < -0.3 is 10.6 Å². The van der Waals surface area contributed by atoms with Gasteiger partial charge in [0.2, 0.25) is 0 Å². The van der Waals surface area contributed by atoms with Crippen molar-refractivity contribution in [2.75, 3.05) is 13.6 Å². The SMILES string of the molecule is CN=C(NCCc1cnn(-c2ccccc2)c1)NCc1nnc2ccccn12.I. The molecule has 0 atom stereocenters. The standard InChI is InChI=1S/C20H22N8.HI/c1-21-20(23-14-19-26-25-18-9-5-6-12-27(18)19)22-11-10-16-13-24-28(15-16)17-7-3-2-4-8-17;/h2-9,12-13,15H,10-11,14H2,1H3,(H2,21,22,23);1H. The summed E-state index contributed by atoms with van der Waals surface area (Å²) in [6.07, 6.45) is 6.75. The van der Waals surface area contributed by atoms with Gasteiger partial charge >= 0.3 is 0 Å². The van der Waals surface area contributed by atoms with Crippen LogP contribution in [0.3, 0.4) is 0 Å². The molecule has 3 heterocycles. The first-order chi connectivity index (χ1) is 13.8. The van der Waals surface area contributed by atoms with Crippen LogP contribution in [0.2, 0.25) is 0 Å². The zero-order chi connectivity index (χ0) is 19.2. The number of pyridine rings is 1. The first-order valence-corrected chi connectivity index (χ1v) is 9.15. The number of hydrogen-bond acceptors (Lipinski definition) is 4. The lowest BCUT2D eigenvalue weighted by atomic mass is 10.2. The van der Waals surface area contributed by atoms with Crippen molar-refractivity contribution in [1.82, 2.24) is 35.0 Å². The Kier molecular flexibility index (Phi) is 7.17. The Morgan fingerprint density at radius 2 is 1.86 bits per heavy atom. The predicted octanol–water partition coefficient (Wildman–Crippen LogP) is 2.44. The zero-order valence-electron chi connectivity index (χ0n) is 16.1. The van der Waals surface area contributed by atoms with Crippen LogP contribution in [0.5, 0.6) is 0 Å². The minimum Gasteiger partial charge on any atom is -0.356 e. The molecule has 0 fully saturated rings. The Bertz CT molecular complexity index is 1070. The van der Waals surface area contributed by atoms with Crippen LogP contribution in [0, 0.1) is 0 Å². The average molecular weight is 502 g/mol. The third kappa shape index (κ3) is 5.11. The molecule has 4 aromatic rings. The average Bonchev–Trinajstić information content (AvgIpc) is 3.38. The van der Waals surface area contributed by atoms with E-state index >= 15 is 0 Å². The Morgan fingerprint density at radius 1 is 1.03 bits per heavy atom. The number of hydrogen-bond donors (Lipinski definition) is 2. The van der Waals surface area contributed by atoms with E-state index in [0.29, 0.717) is 6.54 Å². The van der Waals surface area contributed by atoms with Gasteiger partial charge in [0.15, 0.2) is 17.4 Å². The molecular weight excluding hydrogens is 479 g/mol. The van der Waals surface area contributed by atoms with Crippen LogP contribution in [0.4, 0.5) is 0 Å². The van der Waals surface area contributed by atoms with E-state index in [0.717, 1.165) is 41.6 Å². The molecule has 0 aliphatic carbocycles. The van der Waals surface area contributed by atoms with E-state index in [1.54, 1.807) is 7.05 Å². The fourth-order valence-electron chi connectivity index (χ4n) is 2.93. The molecule has 0 aliphatic rings. The monoisotopic (exact) mass is 502 g/mol. The lowest BCUT2D eigenvalue weighted by Gasteiger charge is -2.10. The molecule has 8 nitrogen and oxygen atoms in total. The highest BCUT2D eigenvalue weighted by Gasteiger charge is 2.06. The van der Waals surface area contributed by atoms with E-state index < -0.39 is 0 Å². The Balaban J connectivity index is 0.00000240. The molecule has 0 bridgehead atoms. The first-order valence-electron chi connectivity index (χ1n) is 9.15. The molecule has 0 aliphatic heterocycles.